The Labute approximate surface area is 315 Å². The van der Waals surface area contributed by atoms with Crippen LogP contribution >= 0.6 is 0 Å². The summed E-state index contributed by atoms with van der Waals surface area (Å²) in [7, 11) is 2.16. The zero-order valence-electron chi connectivity index (χ0n) is 29.9. The van der Waals surface area contributed by atoms with Gasteiger partial charge in [-0.25, -0.2) is 4.98 Å². The number of fused-ring (bicyclic) bond motifs is 5. The molecule has 5 nitrogen and oxygen atoms in total. The van der Waals surface area contributed by atoms with Gasteiger partial charge in [-0.1, -0.05) is 63.2 Å². The molecule has 0 saturated carbocycles. The number of rotatable bonds is 5. The second-order valence-corrected chi connectivity index (χ2v) is 16.0. The van der Waals surface area contributed by atoms with Crippen molar-refractivity contribution < 1.29 is 24.1 Å². The van der Waals surface area contributed by atoms with E-state index < -0.39 is 0 Å². The summed E-state index contributed by atoms with van der Waals surface area (Å²) >= 11 is 2.48. The second kappa shape index (κ2) is 12.9. The van der Waals surface area contributed by atoms with E-state index in [1.165, 1.54) is 55.5 Å². The molecule has 1 aliphatic rings. The normalized spacial score (nSPS) is 14.9. The molecule has 0 spiro atoms. The van der Waals surface area contributed by atoms with Crippen molar-refractivity contribution in [3.8, 4) is 28.4 Å². The number of nitrogens with zero attached hydrogens (tertiary/aromatic N) is 4. The first-order chi connectivity index (χ1) is 25.2. The van der Waals surface area contributed by atoms with Crippen LogP contribution in [0.5, 0.6) is 11.5 Å². The molecule has 0 fully saturated rings. The summed E-state index contributed by atoms with van der Waals surface area (Å²) in [6.45, 7) is 6.72. The van der Waals surface area contributed by atoms with Gasteiger partial charge in [-0.3, -0.25) is 0 Å². The Balaban J connectivity index is 1.17. The van der Waals surface area contributed by atoms with E-state index in [2.05, 4.69) is 176 Å². The summed E-state index contributed by atoms with van der Waals surface area (Å²) in [4.78, 5) is 4.91. The molecule has 1 unspecified atom stereocenters. The molecule has 0 N–H and O–H groups in total. The van der Waals surface area contributed by atoms with E-state index in [-0.39, 0.29) is 11.5 Å². The number of ether oxygens (including phenoxy) is 1. The van der Waals surface area contributed by atoms with E-state index in [9.17, 15) is 0 Å². The summed E-state index contributed by atoms with van der Waals surface area (Å²) in [5.41, 5.74) is 10.7. The molecule has 262 valence electrons. The third-order valence-corrected chi connectivity index (χ3v) is 11.9. The van der Waals surface area contributed by atoms with Crippen LogP contribution in [0.15, 0.2) is 115 Å². The first kappa shape index (κ1) is 32.9. The molecule has 0 amide bonds. The van der Waals surface area contributed by atoms with E-state index >= 15 is 0 Å². The van der Waals surface area contributed by atoms with E-state index in [1.807, 2.05) is 12.3 Å². The van der Waals surface area contributed by atoms with Crippen LogP contribution in [0.2, 0.25) is 0 Å². The number of pyridine rings is 1. The Morgan fingerprint density at radius 3 is 2.35 bits per heavy atom. The average molecular weight is 860 g/mol. The van der Waals surface area contributed by atoms with Crippen LogP contribution in [0.3, 0.4) is 0 Å². The molecule has 5 aromatic carbocycles. The van der Waals surface area contributed by atoms with Crippen molar-refractivity contribution in [1.29, 1.82) is 0 Å². The van der Waals surface area contributed by atoms with E-state index in [0.717, 1.165) is 40.5 Å². The van der Waals surface area contributed by atoms with Gasteiger partial charge < -0.3 is 0 Å². The summed E-state index contributed by atoms with van der Waals surface area (Å²) in [6.07, 6.45) is 6.37. The topological polar surface area (TPSA) is 36.9 Å². The number of hydrogen-bond acceptors (Lipinski definition) is 2. The van der Waals surface area contributed by atoms with Crippen LogP contribution in [0.1, 0.15) is 62.8 Å². The Hall–Kier alpha value is -4.99. The number of para-hydroxylation sites is 2. The predicted octanol–water partition coefficient (Wildman–Crippen LogP) is 11.2. The summed E-state index contributed by atoms with van der Waals surface area (Å²) in [5, 5.41) is 2.26. The summed E-state index contributed by atoms with van der Waals surface area (Å²) < 4.78 is 14.9. The van der Waals surface area contributed by atoms with Crippen LogP contribution in [-0.2, 0) is 38.2 Å². The van der Waals surface area contributed by atoms with Crippen molar-refractivity contribution in [3.63, 3.8) is 0 Å². The van der Waals surface area contributed by atoms with Crippen molar-refractivity contribution in [3.05, 3.63) is 148 Å². The Bertz CT molecular complexity index is 2690. The van der Waals surface area contributed by atoms with Gasteiger partial charge in [-0.2, -0.15) is 0 Å². The molecule has 6 heteroatoms. The molecule has 3 aromatic heterocycles. The van der Waals surface area contributed by atoms with Crippen LogP contribution < -0.4 is 4.74 Å². The Morgan fingerprint density at radius 1 is 0.750 bits per heavy atom. The molecule has 0 aliphatic heterocycles. The van der Waals surface area contributed by atoms with Crippen molar-refractivity contribution in [1.82, 2.24) is 18.7 Å². The molecule has 1 aliphatic carbocycles. The van der Waals surface area contributed by atoms with Gasteiger partial charge in [-0.05, 0) is 40.3 Å². The summed E-state index contributed by atoms with van der Waals surface area (Å²) in [6, 6.07) is 46.5. The number of hydrogen-bond donors (Lipinski definition) is 0. The molecule has 0 bridgehead atoms. The number of imidazole rings is 1. The van der Waals surface area contributed by atoms with Gasteiger partial charge in [0.25, 0.3) is 0 Å². The third-order valence-electron chi connectivity index (χ3n) is 10.6. The first-order valence-corrected chi connectivity index (χ1v) is 19.3. The van der Waals surface area contributed by atoms with Gasteiger partial charge in [-0.15, -0.1) is 0 Å². The minimum atomic E-state index is -0.0175. The van der Waals surface area contributed by atoms with E-state index in [0.29, 0.717) is 11.5 Å². The minimum absolute atomic E-state index is 0.0175. The maximum atomic E-state index is 6.70. The van der Waals surface area contributed by atoms with Gasteiger partial charge in [0.2, 0.25) is 0 Å². The Morgan fingerprint density at radius 2 is 1.52 bits per heavy atom. The van der Waals surface area contributed by atoms with Gasteiger partial charge in [0.1, 0.15) is 0 Å². The Kier molecular flexibility index (Phi) is 8.16. The van der Waals surface area contributed by atoms with Crippen molar-refractivity contribution in [2.45, 2.75) is 57.9 Å². The van der Waals surface area contributed by atoms with Gasteiger partial charge in [0, 0.05) is 6.20 Å². The first-order valence-electron chi connectivity index (χ1n) is 18.1. The van der Waals surface area contributed by atoms with E-state index in [4.69, 9.17) is 9.72 Å². The van der Waals surface area contributed by atoms with Gasteiger partial charge in [0.15, 0.2) is 0 Å². The third kappa shape index (κ3) is 5.67. The predicted molar refractivity (Wildman–Crippen MR) is 207 cm³/mol. The quantitative estimate of drug-likeness (QED) is 0.128. The molecular weight excluding hydrogens is 820 g/mol. The SMILES string of the molecule is Cn1[c](=[Pt])n(C2CCCCc3ccc(Oc4[c-]c5c(cc4)c4cc(-c6ccccc6)ccc4n5-c4cc(C(C)(C)C)ccn4)[c-]c32)c2ccccc21. The average Bonchev–Trinajstić information content (AvgIpc) is 3.51. The molecule has 9 rings (SSSR count). The second-order valence-electron chi connectivity index (χ2n) is 15.0. The van der Waals surface area contributed by atoms with Crippen molar-refractivity contribution >= 4 is 32.8 Å². The number of aryl methyl sites for hydroxylation is 2. The fourth-order valence-corrected chi connectivity index (χ4v) is 8.79. The molecule has 52 heavy (non-hydrogen) atoms. The molecular formula is C46H40N4OPt-2. The molecule has 8 aromatic rings. The zero-order chi connectivity index (χ0) is 35.6. The van der Waals surface area contributed by atoms with Crippen molar-refractivity contribution in [2.75, 3.05) is 0 Å². The molecule has 3 heterocycles. The maximum absolute atomic E-state index is 6.70. The van der Waals surface area contributed by atoms with Crippen LogP contribution in [0.4, 0.5) is 0 Å². The van der Waals surface area contributed by atoms with Crippen LogP contribution in [0, 0.1) is 15.9 Å². The zero-order valence-corrected chi connectivity index (χ0v) is 32.2. The monoisotopic (exact) mass is 859 g/mol. The molecule has 1 atom stereocenters. The van der Waals surface area contributed by atoms with Crippen LogP contribution in [0.25, 0.3) is 49.8 Å². The van der Waals surface area contributed by atoms with Crippen molar-refractivity contribution in [2.24, 2.45) is 7.05 Å². The van der Waals surface area contributed by atoms with Crippen LogP contribution in [-0.4, -0.2) is 18.7 Å². The van der Waals surface area contributed by atoms with E-state index in [1.54, 1.807) is 0 Å². The standard InChI is InChI=1S/C46H40N4O.Pt/c1-46(2,3)34-24-25-47-45(27-34)50-41-23-19-33(31-12-6-5-7-13-31)26-39(41)37-22-21-36(29-44(37)50)51-35-20-18-32-14-8-9-15-40(38(32)28-35)49-30-48(4)42-16-10-11-17-43(42)49;/h5-7,10-13,16-27,40H,8-9,14-15H2,1-4H3;/q-2;. The summed E-state index contributed by atoms with van der Waals surface area (Å²) in [5.74, 6) is 2.23. The number of benzene rings is 5. The number of aromatic nitrogens is 4. The van der Waals surface area contributed by atoms with Gasteiger partial charge >= 0.3 is 202 Å². The molecule has 0 radical (unpaired) electrons. The molecule has 0 saturated heterocycles. The van der Waals surface area contributed by atoms with Gasteiger partial charge in [0.05, 0.1) is 0 Å². The fraction of sp³-hybridized carbons (Fsp3) is 0.217. The fourth-order valence-electron chi connectivity index (χ4n) is 7.89.